The Labute approximate surface area is 531 Å². The number of phosphoric acid groups is 1. The number of allylic oxidation sites excluding steroid dienone is 6. The van der Waals surface area contributed by atoms with Crippen LogP contribution in [0, 0.1) is 52.3 Å². The summed E-state index contributed by atoms with van der Waals surface area (Å²) in [7, 11) is -4.86. The van der Waals surface area contributed by atoms with Gasteiger partial charge in [-0.3, -0.25) is 57.6 Å². The smallest absolute Gasteiger partial charge is 0.682 e. The van der Waals surface area contributed by atoms with Gasteiger partial charge in [0, 0.05) is 108 Å². The Morgan fingerprint density at radius 1 is 0.778 bits per heavy atom. The number of aliphatic imine (C=N–C) groups is 3. The monoisotopic (exact) mass is 1320 g/mol. The number of hydrogen-bond donors (Lipinski definition) is 12. The molecule has 8 heterocycles. The number of anilines is 1. The first-order valence-electron chi connectivity index (χ1n) is 29.3. The first-order valence-corrected chi connectivity index (χ1v) is 30.9. The van der Waals surface area contributed by atoms with E-state index >= 15 is 0 Å². The summed E-state index contributed by atoms with van der Waals surface area (Å²) in [6, 6.07) is -0.998. The van der Waals surface area contributed by atoms with Crippen molar-refractivity contribution in [3.63, 3.8) is 0 Å². The molecule has 6 aliphatic heterocycles. The van der Waals surface area contributed by atoms with Gasteiger partial charge < -0.3 is 82.4 Å². The molecule has 0 aliphatic carbocycles. The molecule has 2 saturated heterocycles. The number of carbonyl (C=O) groups is 7. The van der Waals surface area contributed by atoms with E-state index in [9.17, 15) is 58.1 Å². The van der Waals surface area contributed by atoms with E-state index in [0.29, 0.717) is 56.5 Å². The van der Waals surface area contributed by atoms with Crippen molar-refractivity contribution in [2.45, 2.75) is 175 Å². The van der Waals surface area contributed by atoms with Gasteiger partial charge in [0.2, 0.25) is 41.4 Å². The second kappa shape index (κ2) is 27.2. The van der Waals surface area contributed by atoms with Crippen LogP contribution in [0.4, 0.5) is 5.82 Å². The standard InChI is InChI=1S/C48H74N11O11P.C10H12N5O3.Co/c1-23(70-71(67,68)69)22-55-38(66)16-17-45(6)29(18-35(52)63)43-48(9)47(8,21-37(54)65)28(12-15-34(51)62)40(59-48)25(3)42-46(7,20-36(53)64)26(10-13-32(49)60)30(56-42)19-31-44(4,5)27(11-14-33(50)61)39(57-31)24(2)41(45)58-43;1-4-6(16)7(17)10(18-4)15-3-14-5-8(11)12-2-13-9(5)15;/h19,23,26-29,43H,10-18,20-22H2,1-9H3,(H16,49,50,51,52,53,54,55,56,57,58,59,60,61,62,63,64,65,66,67,68,69);2-4,6-7,10,16-17H,1H2,(H2,11,12,13);/q;-1;+2/p-1/t23?,26-,27-,28-,29+,43?,45-,46+,47+,48+;4-,6-,7-,10-;/m11./s1. The molecule has 1 radical (unpaired) electrons. The Bertz CT molecular complexity index is 3450. The summed E-state index contributed by atoms with van der Waals surface area (Å²) in [5.74, 6) is -6.76. The van der Waals surface area contributed by atoms with Gasteiger partial charge in [0.1, 0.15) is 17.9 Å². The van der Waals surface area contributed by atoms with Gasteiger partial charge in [-0.1, -0.05) is 40.7 Å². The molecule has 0 spiro atoms. The Hall–Kier alpha value is -6.83. The molecule has 32 heteroatoms. The van der Waals surface area contributed by atoms with E-state index in [2.05, 4.69) is 27.2 Å². The summed E-state index contributed by atoms with van der Waals surface area (Å²) >= 11 is 0. The molecule has 2 fully saturated rings. The van der Waals surface area contributed by atoms with Crippen LogP contribution < -0.4 is 45.5 Å². The summed E-state index contributed by atoms with van der Waals surface area (Å²) in [5.41, 5.74) is 40.2. The fourth-order valence-electron chi connectivity index (χ4n) is 14.5. The number of phosphoric ester groups is 1. The fourth-order valence-corrected chi connectivity index (χ4v) is 15.0. The number of primary amides is 6. The van der Waals surface area contributed by atoms with Crippen LogP contribution in [0.15, 0.2) is 61.9 Å². The molecule has 2 aromatic rings. The number of aliphatic hydroxyl groups excluding tert-OH is 2. The number of aliphatic hydroxyl groups is 2. The molecule has 14 atom stereocenters. The summed E-state index contributed by atoms with van der Waals surface area (Å²) in [4.78, 5) is 139. The Morgan fingerprint density at radius 2 is 1.37 bits per heavy atom. The van der Waals surface area contributed by atoms with Gasteiger partial charge in [0.15, 0.2) is 17.7 Å². The Morgan fingerprint density at radius 3 is 1.91 bits per heavy atom. The quantitative estimate of drug-likeness (QED) is 0.0554. The molecule has 19 N–H and O–H groups in total. The zero-order chi connectivity index (χ0) is 66.4. The number of nitrogens with zero attached hydrogens (tertiary/aromatic N) is 8. The number of aromatic nitrogens is 4. The zero-order valence-electron chi connectivity index (χ0n) is 52.0. The number of imidazole rings is 1. The van der Waals surface area contributed by atoms with Crippen LogP contribution in [0.25, 0.3) is 16.5 Å². The molecule has 6 aliphatic rings. The topological polar surface area (TPSA) is 525 Å². The van der Waals surface area contributed by atoms with Gasteiger partial charge in [-0.25, -0.2) is 19.5 Å². The van der Waals surface area contributed by atoms with E-state index in [1.54, 1.807) is 6.92 Å². The molecule has 8 bridgehead atoms. The number of nitrogens with one attached hydrogen (secondary N) is 1. The number of nitrogen functional groups attached to an aromatic ring is 1. The third-order valence-electron chi connectivity index (χ3n) is 19.3. The molecule has 2 unspecified atom stereocenters. The van der Waals surface area contributed by atoms with Crippen molar-refractivity contribution in [3.8, 4) is 0 Å². The normalized spacial score (nSPS) is 33.3. The van der Waals surface area contributed by atoms with E-state index in [4.69, 9.17) is 69.7 Å². The van der Waals surface area contributed by atoms with E-state index in [-0.39, 0.29) is 99.8 Å². The van der Waals surface area contributed by atoms with E-state index in [0.717, 1.165) is 0 Å². The Balaban J connectivity index is 0.000000573. The van der Waals surface area contributed by atoms with E-state index < -0.39 is 137 Å². The van der Waals surface area contributed by atoms with Crippen molar-refractivity contribution in [1.82, 2.24) is 24.8 Å². The maximum Gasteiger partial charge on any atom is 2.00 e. The second-order valence-electron chi connectivity index (χ2n) is 25.8. The molecule has 0 saturated carbocycles. The first kappa shape index (κ1) is 72.2. The number of carbonyl (C=O) groups excluding carboxylic acids is 7. The molecule has 495 valence electrons. The molecule has 30 nitrogen and oxygen atoms in total. The first-order chi connectivity index (χ1) is 41.2. The van der Waals surface area contributed by atoms with Gasteiger partial charge in [-0.15, -0.1) is 0 Å². The number of fused-ring (bicyclic) bond motifs is 7. The van der Waals surface area contributed by atoms with Crippen LogP contribution in [0.5, 0.6) is 0 Å². The van der Waals surface area contributed by atoms with Crippen LogP contribution in [-0.2, 0) is 64.2 Å². The van der Waals surface area contributed by atoms with Crippen LogP contribution >= 0.6 is 7.82 Å². The van der Waals surface area contributed by atoms with Gasteiger partial charge in [-0.05, 0) is 88.0 Å². The number of hydrogen-bond acceptors (Lipinski definition) is 19. The predicted octanol–water partition coefficient (Wildman–Crippen LogP) is 1.50. The average molecular weight is 1320 g/mol. The minimum Gasteiger partial charge on any atom is -0.682 e. The maximum atomic E-state index is 13.7. The van der Waals surface area contributed by atoms with Crippen LogP contribution in [0.3, 0.4) is 0 Å². The Kier molecular flexibility index (Phi) is 21.8. The molecule has 7 amide bonds. The fraction of sp³-hybridized carbons (Fsp3) is 0.621. The predicted molar refractivity (Wildman–Crippen MR) is 326 cm³/mol. The SMILES string of the molecule is C/C1=C2/[N-]C([C@H](CC(N)=O)[C@@]2(C)CCC(=O)NCC(C)OP(=O)(O)O)[C@]2(C)N=C(/C(C)=C3N=C(/C=C4N=C1[C@@H](CCC(N)=O)C\4(C)C)[C@@H](CCC(N)=O)[C@]\3(C)CC(N)=O)[C@@H](CCC(N)=O)[C@]2(C)CC(N)=O.[CH2-][C@H]1O[C@@H](n2cnc3c(N)ncnc32)[C@H](O)[C@@H]1O.[Co+2]. The van der Waals surface area contributed by atoms with Crippen molar-refractivity contribution in [2.75, 3.05) is 12.3 Å². The molecule has 90 heavy (non-hydrogen) atoms. The van der Waals surface area contributed by atoms with Crippen LogP contribution in [0.2, 0.25) is 0 Å². The van der Waals surface area contributed by atoms with Crippen molar-refractivity contribution < 1.29 is 84.2 Å². The van der Waals surface area contributed by atoms with Crippen molar-refractivity contribution in [2.24, 2.45) is 94.7 Å². The third kappa shape index (κ3) is 14.3. The number of amides is 7. The maximum absolute atomic E-state index is 13.7. The average Bonchev–Trinajstić information content (AvgIpc) is 1.53. The largest absolute Gasteiger partial charge is 2.00 e. The number of rotatable bonds is 23. The summed E-state index contributed by atoms with van der Waals surface area (Å²) in [5, 5.41) is 27.8. The molecular weight excluding hydrogens is 1230 g/mol. The van der Waals surface area contributed by atoms with Gasteiger partial charge in [-0.2, -0.15) is 5.70 Å². The minimum absolute atomic E-state index is 0. The second-order valence-corrected chi connectivity index (χ2v) is 27.0. The molecule has 8 rings (SSSR count). The summed E-state index contributed by atoms with van der Waals surface area (Å²) in [6.07, 6.45) is -0.796. The van der Waals surface area contributed by atoms with Gasteiger partial charge in [0.25, 0.3) is 0 Å². The summed E-state index contributed by atoms with van der Waals surface area (Å²) < 4.78 is 23.1. The van der Waals surface area contributed by atoms with Crippen LogP contribution in [0.1, 0.15) is 139 Å². The van der Waals surface area contributed by atoms with E-state index in [1.807, 2.05) is 54.5 Å². The van der Waals surface area contributed by atoms with Crippen LogP contribution in [-0.4, -0.2) is 141 Å². The van der Waals surface area contributed by atoms with Crippen molar-refractivity contribution in [1.29, 1.82) is 0 Å². The number of ether oxygens (including phenoxy) is 1. The van der Waals surface area contributed by atoms with Crippen molar-refractivity contribution in [3.05, 3.63) is 59.2 Å². The molecular formula is C58H85CoN16O14P. The molecule has 2 aromatic heterocycles. The minimum atomic E-state index is -4.86. The molecule has 0 aromatic carbocycles. The van der Waals surface area contributed by atoms with Crippen molar-refractivity contribution >= 4 is 83.3 Å². The number of nitrogens with two attached hydrogens (primary N) is 7. The third-order valence-corrected chi connectivity index (χ3v) is 19.9. The van der Waals surface area contributed by atoms with E-state index in [1.165, 1.54) is 24.1 Å². The summed E-state index contributed by atoms with van der Waals surface area (Å²) in [6.45, 7) is 19.7. The zero-order valence-corrected chi connectivity index (χ0v) is 53.9. The van der Waals surface area contributed by atoms with Gasteiger partial charge >= 0.3 is 24.6 Å². The van der Waals surface area contributed by atoms with Gasteiger partial charge in [0.05, 0.1) is 29.8 Å².